The summed E-state index contributed by atoms with van der Waals surface area (Å²) in [7, 11) is 0. The van der Waals surface area contributed by atoms with Crippen molar-refractivity contribution >= 4 is 6.09 Å². The van der Waals surface area contributed by atoms with Gasteiger partial charge in [0, 0.05) is 0 Å². The molecule has 1 aliphatic heterocycles. The molecule has 1 aromatic carbocycles. The molecule has 1 heterocycles. The van der Waals surface area contributed by atoms with Crippen LogP contribution >= 0.6 is 0 Å². The number of ether oxygens (including phenoxy) is 2. The summed E-state index contributed by atoms with van der Waals surface area (Å²) >= 11 is 0. The fourth-order valence-electron chi connectivity index (χ4n) is 2.15. The van der Waals surface area contributed by atoms with Crippen LogP contribution in [-0.2, 0) is 16.1 Å². The monoisotopic (exact) mass is 313 g/mol. The van der Waals surface area contributed by atoms with Gasteiger partial charge in [-0.1, -0.05) is 30.3 Å². The van der Waals surface area contributed by atoms with Crippen LogP contribution in [0.1, 0.15) is 5.56 Å². The Morgan fingerprint density at radius 3 is 2.50 bits per heavy atom. The third-order valence-corrected chi connectivity index (χ3v) is 3.40. The third-order valence-electron chi connectivity index (χ3n) is 3.40. The zero-order valence-corrected chi connectivity index (χ0v) is 11.7. The van der Waals surface area contributed by atoms with Gasteiger partial charge in [-0.3, -0.25) is 0 Å². The van der Waals surface area contributed by atoms with Crippen LogP contribution in [0.15, 0.2) is 30.3 Å². The van der Waals surface area contributed by atoms with Crippen molar-refractivity contribution in [3.63, 3.8) is 0 Å². The highest BCUT2D eigenvalue weighted by Crippen LogP contribution is 2.19. The summed E-state index contributed by atoms with van der Waals surface area (Å²) in [4.78, 5) is 11.7. The highest BCUT2D eigenvalue weighted by Gasteiger charge is 2.44. The maximum Gasteiger partial charge on any atom is 0.407 e. The summed E-state index contributed by atoms with van der Waals surface area (Å²) in [5, 5.41) is 40.5. The van der Waals surface area contributed by atoms with Crippen molar-refractivity contribution in [2.45, 2.75) is 37.3 Å². The van der Waals surface area contributed by atoms with Crippen molar-refractivity contribution in [2.75, 3.05) is 6.61 Å². The Hall–Kier alpha value is -1.71. The van der Waals surface area contributed by atoms with Crippen LogP contribution < -0.4 is 5.32 Å². The number of aliphatic hydroxyl groups is 4. The van der Waals surface area contributed by atoms with Gasteiger partial charge < -0.3 is 35.2 Å². The number of carbonyl (C=O) groups is 1. The Kier molecular flexibility index (Phi) is 5.69. The van der Waals surface area contributed by atoms with E-state index in [2.05, 4.69) is 5.32 Å². The number of amides is 1. The topological polar surface area (TPSA) is 128 Å². The molecule has 8 nitrogen and oxygen atoms in total. The van der Waals surface area contributed by atoms with E-state index in [1.807, 2.05) is 6.07 Å². The van der Waals surface area contributed by atoms with Crippen LogP contribution in [0.2, 0.25) is 0 Å². The zero-order chi connectivity index (χ0) is 16.1. The van der Waals surface area contributed by atoms with Crippen LogP contribution in [-0.4, -0.2) is 63.8 Å². The van der Waals surface area contributed by atoms with E-state index in [0.29, 0.717) is 0 Å². The van der Waals surface area contributed by atoms with Crippen LogP contribution in [0.25, 0.3) is 0 Å². The van der Waals surface area contributed by atoms with E-state index >= 15 is 0 Å². The molecule has 5 N–H and O–H groups in total. The molecule has 0 aromatic heterocycles. The first kappa shape index (κ1) is 16.7. The van der Waals surface area contributed by atoms with E-state index in [1.165, 1.54) is 0 Å². The molecule has 1 amide bonds. The van der Waals surface area contributed by atoms with Crippen LogP contribution in [0, 0.1) is 0 Å². The molecule has 1 fully saturated rings. The highest BCUT2D eigenvalue weighted by atomic mass is 16.6. The summed E-state index contributed by atoms with van der Waals surface area (Å²) < 4.78 is 9.88. The average Bonchev–Trinajstić information content (AvgIpc) is 2.54. The van der Waals surface area contributed by atoms with Gasteiger partial charge in [0.15, 0.2) is 6.29 Å². The predicted molar refractivity (Wildman–Crippen MR) is 73.5 cm³/mol. The molecule has 0 saturated carbocycles. The molecule has 0 radical (unpaired) electrons. The fourth-order valence-corrected chi connectivity index (χ4v) is 2.15. The minimum absolute atomic E-state index is 0.0221. The fraction of sp³-hybridized carbons (Fsp3) is 0.500. The Balaban J connectivity index is 1.87. The quantitative estimate of drug-likeness (QED) is 0.468. The summed E-state index contributed by atoms with van der Waals surface area (Å²) in [6, 6.07) is 7.71. The zero-order valence-electron chi connectivity index (χ0n) is 11.7. The second kappa shape index (κ2) is 7.52. The largest absolute Gasteiger partial charge is 0.445 e. The molecular weight excluding hydrogens is 294 g/mol. The van der Waals surface area contributed by atoms with Crippen molar-refractivity contribution < 1.29 is 34.7 Å². The average molecular weight is 313 g/mol. The van der Waals surface area contributed by atoms with Gasteiger partial charge in [-0.15, -0.1) is 0 Å². The lowest BCUT2D eigenvalue weighted by Crippen LogP contribution is -2.64. The lowest BCUT2D eigenvalue weighted by atomic mass is 9.97. The summed E-state index contributed by atoms with van der Waals surface area (Å²) in [6.45, 7) is -0.547. The number of benzene rings is 1. The number of alkyl carbamates (subject to hydrolysis) is 1. The molecular formula is C14H19NO7. The van der Waals surface area contributed by atoms with Gasteiger partial charge in [-0.25, -0.2) is 4.79 Å². The van der Waals surface area contributed by atoms with E-state index < -0.39 is 43.3 Å². The van der Waals surface area contributed by atoms with E-state index in [4.69, 9.17) is 14.6 Å². The molecule has 22 heavy (non-hydrogen) atoms. The smallest absolute Gasteiger partial charge is 0.407 e. The van der Waals surface area contributed by atoms with Crippen molar-refractivity contribution in [3.8, 4) is 0 Å². The molecule has 2 rings (SSSR count). The minimum atomic E-state index is -1.57. The molecule has 0 spiro atoms. The van der Waals surface area contributed by atoms with Gasteiger partial charge in [0.2, 0.25) is 0 Å². The Labute approximate surface area is 126 Å². The maximum absolute atomic E-state index is 11.7. The molecule has 1 aromatic rings. The minimum Gasteiger partial charge on any atom is -0.445 e. The van der Waals surface area contributed by atoms with Gasteiger partial charge in [-0.2, -0.15) is 0 Å². The lowest BCUT2D eigenvalue weighted by Gasteiger charge is -2.39. The number of hydrogen-bond donors (Lipinski definition) is 5. The van der Waals surface area contributed by atoms with Crippen molar-refractivity contribution in [1.29, 1.82) is 0 Å². The standard InChI is InChI=1S/C14H19NO7/c16-6-9-11(17)12(18)10(13(19)22-9)15-14(20)21-7-8-4-2-1-3-5-8/h1-5,9-13,16-19H,6-7H2,(H,15,20)/t9?,10-,11+,12?,13+/m0/s1. The maximum atomic E-state index is 11.7. The molecule has 5 atom stereocenters. The molecule has 122 valence electrons. The summed E-state index contributed by atoms with van der Waals surface area (Å²) in [5.41, 5.74) is 0.777. The number of nitrogens with one attached hydrogen (secondary N) is 1. The normalized spacial score (nSPS) is 31.5. The lowest BCUT2D eigenvalue weighted by molar-refractivity contribution is -0.253. The third kappa shape index (κ3) is 3.93. The number of carbonyl (C=O) groups excluding carboxylic acids is 1. The van der Waals surface area contributed by atoms with E-state index in [1.54, 1.807) is 24.3 Å². The van der Waals surface area contributed by atoms with E-state index in [0.717, 1.165) is 5.56 Å². The molecule has 0 bridgehead atoms. The van der Waals surface area contributed by atoms with Crippen molar-refractivity contribution in [3.05, 3.63) is 35.9 Å². The SMILES string of the molecule is O=C(N[C@H]1C(O)[C@H](O)C(CO)O[C@H]1O)OCc1ccccc1. The Bertz CT molecular complexity index is 483. The van der Waals surface area contributed by atoms with Crippen molar-refractivity contribution in [1.82, 2.24) is 5.32 Å². The first-order valence-corrected chi connectivity index (χ1v) is 6.80. The number of hydrogen-bond acceptors (Lipinski definition) is 7. The van der Waals surface area contributed by atoms with Crippen LogP contribution in [0.5, 0.6) is 0 Å². The predicted octanol–water partition coefficient (Wildman–Crippen LogP) is -1.29. The molecule has 8 heteroatoms. The van der Waals surface area contributed by atoms with Crippen LogP contribution in [0.3, 0.4) is 0 Å². The second-order valence-corrected chi connectivity index (χ2v) is 4.96. The Morgan fingerprint density at radius 2 is 1.86 bits per heavy atom. The first-order chi connectivity index (χ1) is 10.5. The second-order valence-electron chi connectivity index (χ2n) is 4.96. The molecule has 2 unspecified atom stereocenters. The van der Waals surface area contributed by atoms with E-state index in [-0.39, 0.29) is 6.61 Å². The van der Waals surface area contributed by atoms with Gasteiger partial charge in [0.05, 0.1) is 6.61 Å². The summed E-state index contributed by atoms with van der Waals surface area (Å²) in [6.07, 6.45) is -6.49. The number of aliphatic hydroxyl groups excluding tert-OH is 4. The highest BCUT2D eigenvalue weighted by molar-refractivity contribution is 5.67. The molecule has 1 aliphatic rings. The molecule has 1 saturated heterocycles. The van der Waals surface area contributed by atoms with Crippen molar-refractivity contribution in [2.24, 2.45) is 0 Å². The van der Waals surface area contributed by atoms with Gasteiger partial charge in [-0.05, 0) is 5.56 Å². The van der Waals surface area contributed by atoms with Gasteiger partial charge >= 0.3 is 6.09 Å². The van der Waals surface area contributed by atoms with Gasteiger partial charge in [0.1, 0.15) is 31.0 Å². The number of rotatable bonds is 4. The van der Waals surface area contributed by atoms with Crippen LogP contribution in [0.4, 0.5) is 4.79 Å². The molecule has 0 aliphatic carbocycles. The Morgan fingerprint density at radius 1 is 1.18 bits per heavy atom. The first-order valence-electron chi connectivity index (χ1n) is 6.80. The summed E-state index contributed by atoms with van der Waals surface area (Å²) in [5.74, 6) is 0. The van der Waals surface area contributed by atoms with E-state index in [9.17, 15) is 20.1 Å². The van der Waals surface area contributed by atoms with Gasteiger partial charge in [0.25, 0.3) is 0 Å².